The first-order chi connectivity index (χ1) is 8.45. The number of ether oxygens (including phenoxy) is 1. The highest BCUT2D eigenvalue weighted by molar-refractivity contribution is 6.01. The molecule has 1 aliphatic heterocycles. The van der Waals surface area contributed by atoms with Crippen LogP contribution in [-0.2, 0) is 4.74 Å². The third-order valence-corrected chi connectivity index (χ3v) is 2.83. The van der Waals surface area contributed by atoms with Crippen LogP contribution in [0.25, 0.3) is 11.1 Å². The molecule has 1 aliphatic rings. The van der Waals surface area contributed by atoms with Crippen molar-refractivity contribution in [1.82, 2.24) is 0 Å². The first-order valence-electron chi connectivity index (χ1n) is 5.77. The quantitative estimate of drug-likeness (QED) is 0.766. The minimum atomic E-state index is 0.693. The Kier molecular flexibility index (Phi) is 2.62. The SMILES string of the molecule is c1ccc(-c2ccccc2C2=NCCO2)cc1. The lowest BCUT2D eigenvalue weighted by atomic mass is 10.00. The van der Waals surface area contributed by atoms with E-state index in [0.29, 0.717) is 6.61 Å². The van der Waals surface area contributed by atoms with Gasteiger partial charge in [-0.1, -0.05) is 48.5 Å². The number of aliphatic imine (C=N–C) groups is 1. The van der Waals surface area contributed by atoms with Gasteiger partial charge in [-0.15, -0.1) is 0 Å². The smallest absolute Gasteiger partial charge is 0.216 e. The van der Waals surface area contributed by atoms with E-state index in [9.17, 15) is 0 Å². The van der Waals surface area contributed by atoms with Crippen molar-refractivity contribution in [3.05, 3.63) is 60.2 Å². The molecule has 2 aromatic carbocycles. The van der Waals surface area contributed by atoms with Gasteiger partial charge in [0.1, 0.15) is 6.61 Å². The molecule has 2 heteroatoms. The van der Waals surface area contributed by atoms with E-state index >= 15 is 0 Å². The minimum absolute atomic E-state index is 0.693. The molecule has 0 aromatic heterocycles. The van der Waals surface area contributed by atoms with Crippen molar-refractivity contribution in [3.8, 4) is 11.1 Å². The van der Waals surface area contributed by atoms with Crippen LogP contribution in [0.15, 0.2) is 59.6 Å². The van der Waals surface area contributed by atoms with Crippen LogP contribution in [0.5, 0.6) is 0 Å². The lowest BCUT2D eigenvalue weighted by molar-refractivity contribution is 0.348. The molecular formula is C15H13NO. The third-order valence-electron chi connectivity index (χ3n) is 2.83. The second kappa shape index (κ2) is 4.42. The lowest BCUT2D eigenvalue weighted by Crippen LogP contribution is -2.03. The van der Waals surface area contributed by atoms with E-state index < -0.39 is 0 Å². The summed E-state index contributed by atoms with van der Waals surface area (Å²) in [6.45, 7) is 1.46. The molecule has 0 radical (unpaired) electrons. The molecule has 0 amide bonds. The van der Waals surface area contributed by atoms with Crippen molar-refractivity contribution in [3.63, 3.8) is 0 Å². The molecule has 2 aromatic rings. The highest BCUT2D eigenvalue weighted by atomic mass is 16.5. The standard InChI is InChI=1S/C15H13NO/c1-2-6-12(7-3-1)13-8-4-5-9-14(13)15-16-10-11-17-15/h1-9H,10-11H2. The van der Waals surface area contributed by atoms with Gasteiger partial charge in [-0.05, 0) is 17.2 Å². The Balaban J connectivity index is 2.11. The van der Waals surface area contributed by atoms with Crippen LogP contribution in [0.2, 0.25) is 0 Å². The predicted octanol–water partition coefficient (Wildman–Crippen LogP) is 3.13. The maximum Gasteiger partial charge on any atom is 0.216 e. The summed E-state index contributed by atoms with van der Waals surface area (Å²) >= 11 is 0. The molecule has 17 heavy (non-hydrogen) atoms. The van der Waals surface area contributed by atoms with Crippen molar-refractivity contribution in [1.29, 1.82) is 0 Å². The second-order valence-corrected chi connectivity index (χ2v) is 3.95. The van der Waals surface area contributed by atoms with Gasteiger partial charge in [0.2, 0.25) is 5.90 Å². The van der Waals surface area contributed by atoms with Crippen molar-refractivity contribution in [2.45, 2.75) is 0 Å². The summed E-state index contributed by atoms with van der Waals surface area (Å²) in [7, 11) is 0. The maximum atomic E-state index is 5.55. The van der Waals surface area contributed by atoms with Crippen LogP contribution in [0, 0.1) is 0 Å². The summed E-state index contributed by atoms with van der Waals surface area (Å²) in [6, 6.07) is 18.6. The van der Waals surface area contributed by atoms with Crippen molar-refractivity contribution >= 4 is 5.90 Å². The summed E-state index contributed by atoms with van der Waals surface area (Å²) in [5.74, 6) is 0.768. The van der Waals surface area contributed by atoms with E-state index in [-0.39, 0.29) is 0 Å². The molecule has 0 saturated carbocycles. The highest BCUT2D eigenvalue weighted by Gasteiger charge is 2.14. The van der Waals surface area contributed by atoms with Crippen molar-refractivity contribution in [2.24, 2.45) is 4.99 Å². The molecule has 0 N–H and O–H groups in total. The number of rotatable bonds is 2. The van der Waals surface area contributed by atoms with Crippen molar-refractivity contribution < 1.29 is 4.74 Å². The third kappa shape index (κ3) is 1.94. The molecule has 84 valence electrons. The number of hydrogen-bond donors (Lipinski definition) is 0. The van der Waals surface area contributed by atoms with Gasteiger partial charge in [0, 0.05) is 5.56 Å². The monoisotopic (exact) mass is 223 g/mol. The summed E-state index contributed by atoms with van der Waals surface area (Å²) < 4.78 is 5.55. The fraction of sp³-hybridized carbons (Fsp3) is 0.133. The normalized spacial score (nSPS) is 14.2. The molecule has 1 heterocycles. The molecule has 0 aliphatic carbocycles. The minimum Gasteiger partial charge on any atom is -0.475 e. The zero-order valence-corrected chi connectivity index (χ0v) is 9.47. The summed E-state index contributed by atoms with van der Waals surface area (Å²) in [5.41, 5.74) is 3.45. The van der Waals surface area contributed by atoms with Gasteiger partial charge in [-0.2, -0.15) is 0 Å². The fourth-order valence-corrected chi connectivity index (χ4v) is 2.04. The topological polar surface area (TPSA) is 21.6 Å². The van der Waals surface area contributed by atoms with Crippen LogP contribution < -0.4 is 0 Å². The second-order valence-electron chi connectivity index (χ2n) is 3.95. The van der Waals surface area contributed by atoms with E-state index in [0.717, 1.165) is 18.0 Å². The Morgan fingerprint density at radius 1 is 0.824 bits per heavy atom. The van der Waals surface area contributed by atoms with Crippen molar-refractivity contribution in [2.75, 3.05) is 13.2 Å². The molecule has 3 rings (SSSR count). The molecule has 2 nitrogen and oxygen atoms in total. The van der Waals surface area contributed by atoms with Gasteiger partial charge in [0.15, 0.2) is 0 Å². The molecule has 0 spiro atoms. The summed E-state index contributed by atoms with van der Waals surface area (Å²) in [4.78, 5) is 4.39. The lowest BCUT2D eigenvalue weighted by Gasteiger charge is -2.09. The Hall–Kier alpha value is -2.09. The van der Waals surface area contributed by atoms with Crippen LogP contribution in [0.3, 0.4) is 0 Å². The Morgan fingerprint density at radius 3 is 2.24 bits per heavy atom. The number of hydrogen-bond acceptors (Lipinski definition) is 2. The van der Waals surface area contributed by atoms with E-state index in [4.69, 9.17) is 4.74 Å². The molecule has 0 saturated heterocycles. The molecule has 0 fully saturated rings. The average Bonchev–Trinajstić information content (AvgIpc) is 2.94. The fourth-order valence-electron chi connectivity index (χ4n) is 2.04. The Morgan fingerprint density at radius 2 is 1.53 bits per heavy atom. The van der Waals surface area contributed by atoms with Gasteiger partial charge in [0.25, 0.3) is 0 Å². The zero-order chi connectivity index (χ0) is 11.5. The largest absolute Gasteiger partial charge is 0.475 e. The predicted molar refractivity (Wildman–Crippen MR) is 69.2 cm³/mol. The van der Waals surface area contributed by atoms with Crippen LogP contribution in [0.4, 0.5) is 0 Å². The van der Waals surface area contributed by atoms with Gasteiger partial charge in [-0.25, -0.2) is 4.99 Å². The van der Waals surface area contributed by atoms with Gasteiger partial charge >= 0.3 is 0 Å². The highest BCUT2D eigenvalue weighted by Crippen LogP contribution is 2.25. The molecular weight excluding hydrogens is 210 g/mol. The van der Waals surface area contributed by atoms with Gasteiger partial charge in [0.05, 0.1) is 6.54 Å². The van der Waals surface area contributed by atoms with E-state index in [1.165, 1.54) is 11.1 Å². The summed E-state index contributed by atoms with van der Waals surface area (Å²) in [5, 5.41) is 0. The van der Waals surface area contributed by atoms with Crippen LogP contribution in [0.1, 0.15) is 5.56 Å². The molecule has 0 unspecified atom stereocenters. The average molecular weight is 223 g/mol. The molecule has 0 atom stereocenters. The van der Waals surface area contributed by atoms with E-state index in [1.54, 1.807) is 0 Å². The van der Waals surface area contributed by atoms with Gasteiger partial charge < -0.3 is 4.74 Å². The summed E-state index contributed by atoms with van der Waals surface area (Å²) in [6.07, 6.45) is 0. The van der Waals surface area contributed by atoms with E-state index in [2.05, 4.69) is 29.3 Å². The first kappa shape index (κ1) is 10.1. The van der Waals surface area contributed by atoms with Crippen LogP contribution in [-0.4, -0.2) is 19.0 Å². The number of benzene rings is 2. The maximum absolute atomic E-state index is 5.55. The van der Waals surface area contributed by atoms with Gasteiger partial charge in [-0.3, -0.25) is 0 Å². The first-order valence-corrected chi connectivity index (χ1v) is 5.77. The van der Waals surface area contributed by atoms with Crippen LogP contribution >= 0.6 is 0 Å². The molecule has 0 bridgehead atoms. The zero-order valence-electron chi connectivity index (χ0n) is 9.47. The Labute approximate surface area is 101 Å². The number of nitrogens with zero attached hydrogens (tertiary/aromatic N) is 1. The van der Waals surface area contributed by atoms with E-state index in [1.807, 2.05) is 30.3 Å². The Bertz CT molecular complexity index is 546.